The van der Waals surface area contributed by atoms with E-state index < -0.39 is 17.9 Å². The summed E-state index contributed by atoms with van der Waals surface area (Å²) in [6.07, 6.45) is -0.490. The Balaban J connectivity index is 1.90. The number of rotatable bonds is 4. The highest BCUT2D eigenvalue weighted by atomic mass is 16.5. The number of nitrogens with one attached hydrogen (secondary N) is 1. The SMILES string of the molecule is CC(=O)NC[C@H]1CN(c2ccc3c(c2)oc(=O)n3C(C)=O)C(C=O)O1. The third-order valence-corrected chi connectivity index (χ3v) is 3.95. The van der Waals surface area contributed by atoms with E-state index in [2.05, 4.69) is 5.32 Å². The van der Waals surface area contributed by atoms with Crippen LogP contribution in [0.5, 0.6) is 0 Å². The molecule has 9 nitrogen and oxygen atoms in total. The number of aromatic nitrogens is 1. The Morgan fingerprint density at radius 2 is 2.12 bits per heavy atom. The zero-order valence-electron chi connectivity index (χ0n) is 13.7. The number of aldehydes is 1. The summed E-state index contributed by atoms with van der Waals surface area (Å²) in [6, 6.07) is 4.84. The lowest BCUT2D eigenvalue weighted by atomic mass is 10.2. The molecule has 1 aliphatic heterocycles. The van der Waals surface area contributed by atoms with Gasteiger partial charge in [0.1, 0.15) is 0 Å². The molecule has 0 radical (unpaired) electrons. The minimum Gasteiger partial charge on any atom is -0.407 e. The zero-order chi connectivity index (χ0) is 18.1. The fraction of sp³-hybridized carbons (Fsp3) is 0.375. The van der Waals surface area contributed by atoms with Crippen molar-refractivity contribution in [3.05, 3.63) is 28.7 Å². The molecule has 1 saturated heterocycles. The van der Waals surface area contributed by atoms with Gasteiger partial charge in [-0.2, -0.15) is 0 Å². The van der Waals surface area contributed by atoms with Crippen LogP contribution in [0.4, 0.5) is 5.69 Å². The Morgan fingerprint density at radius 3 is 2.76 bits per heavy atom. The van der Waals surface area contributed by atoms with Crippen LogP contribution >= 0.6 is 0 Å². The number of ether oxygens (including phenoxy) is 1. The Bertz CT molecular complexity index is 899. The largest absolute Gasteiger partial charge is 0.426 e. The van der Waals surface area contributed by atoms with E-state index in [1.54, 1.807) is 23.1 Å². The van der Waals surface area contributed by atoms with E-state index in [9.17, 15) is 19.2 Å². The van der Waals surface area contributed by atoms with Crippen LogP contribution in [-0.2, 0) is 14.3 Å². The molecule has 1 fully saturated rings. The van der Waals surface area contributed by atoms with Gasteiger partial charge in [0.15, 0.2) is 18.1 Å². The lowest BCUT2D eigenvalue weighted by Crippen LogP contribution is -2.33. The number of nitrogens with zero attached hydrogens (tertiary/aromatic N) is 2. The summed E-state index contributed by atoms with van der Waals surface area (Å²) >= 11 is 0. The van der Waals surface area contributed by atoms with E-state index in [1.165, 1.54) is 13.8 Å². The Hall–Kier alpha value is -2.94. The van der Waals surface area contributed by atoms with Gasteiger partial charge < -0.3 is 19.4 Å². The molecule has 0 aliphatic carbocycles. The second-order valence-corrected chi connectivity index (χ2v) is 5.75. The molecule has 1 aromatic carbocycles. The molecule has 0 spiro atoms. The average Bonchev–Trinajstić information content (AvgIpc) is 3.11. The summed E-state index contributed by atoms with van der Waals surface area (Å²) < 4.78 is 11.6. The summed E-state index contributed by atoms with van der Waals surface area (Å²) in [5.74, 6) is -1.38. The highest BCUT2D eigenvalue weighted by molar-refractivity contribution is 5.89. The van der Waals surface area contributed by atoms with Gasteiger partial charge in [-0.15, -0.1) is 0 Å². The molecule has 1 aliphatic rings. The number of carbonyl (C=O) groups is 3. The summed E-state index contributed by atoms with van der Waals surface area (Å²) in [7, 11) is 0. The fourth-order valence-corrected chi connectivity index (χ4v) is 2.85. The van der Waals surface area contributed by atoms with Crippen LogP contribution in [0.25, 0.3) is 11.1 Å². The van der Waals surface area contributed by atoms with Gasteiger partial charge in [-0.1, -0.05) is 0 Å². The first-order chi connectivity index (χ1) is 11.9. The van der Waals surface area contributed by atoms with Crippen molar-refractivity contribution in [2.45, 2.75) is 26.2 Å². The van der Waals surface area contributed by atoms with Crippen LogP contribution in [0, 0.1) is 0 Å². The Kier molecular flexibility index (Phi) is 4.41. The van der Waals surface area contributed by atoms with E-state index >= 15 is 0 Å². The van der Waals surface area contributed by atoms with Gasteiger partial charge >= 0.3 is 5.76 Å². The lowest BCUT2D eigenvalue weighted by molar-refractivity contribution is -0.120. The maximum atomic E-state index is 11.8. The molecule has 1 unspecified atom stereocenters. The van der Waals surface area contributed by atoms with Crippen molar-refractivity contribution in [2.24, 2.45) is 0 Å². The van der Waals surface area contributed by atoms with Gasteiger partial charge in [-0.25, -0.2) is 9.36 Å². The molecule has 1 aromatic heterocycles. The summed E-state index contributed by atoms with van der Waals surface area (Å²) in [6.45, 7) is 3.34. The van der Waals surface area contributed by atoms with Crippen LogP contribution in [0.3, 0.4) is 0 Å². The molecule has 0 bridgehead atoms. The first kappa shape index (κ1) is 16.9. The number of hydrogen-bond acceptors (Lipinski definition) is 7. The summed E-state index contributed by atoms with van der Waals surface area (Å²) in [4.78, 5) is 47.3. The molecule has 25 heavy (non-hydrogen) atoms. The van der Waals surface area contributed by atoms with E-state index in [1.807, 2.05) is 0 Å². The molecule has 9 heteroatoms. The predicted octanol–water partition coefficient (Wildman–Crippen LogP) is 0.121. The maximum Gasteiger partial charge on any atom is 0.426 e. The summed E-state index contributed by atoms with van der Waals surface area (Å²) in [5, 5.41) is 2.65. The molecule has 2 heterocycles. The van der Waals surface area contributed by atoms with Crippen LogP contribution in [0.1, 0.15) is 18.6 Å². The minimum atomic E-state index is -0.808. The van der Waals surface area contributed by atoms with Gasteiger partial charge in [0, 0.05) is 38.7 Å². The monoisotopic (exact) mass is 347 g/mol. The minimum absolute atomic E-state index is 0.182. The molecule has 132 valence electrons. The van der Waals surface area contributed by atoms with Crippen LogP contribution < -0.4 is 16.0 Å². The molecule has 2 aromatic rings. The van der Waals surface area contributed by atoms with Gasteiger partial charge in [0.25, 0.3) is 0 Å². The van der Waals surface area contributed by atoms with Crippen molar-refractivity contribution >= 4 is 34.9 Å². The number of hydrogen-bond donors (Lipinski definition) is 1. The number of oxazole rings is 1. The molecule has 1 N–H and O–H groups in total. The molecule has 2 atom stereocenters. The van der Waals surface area contributed by atoms with Crippen LogP contribution in [-0.4, -0.2) is 48.1 Å². The molecular weight excluding hydrogens is 330 g/mol. The highest BCUT2D eigenvalue weighted by Crippen LogP contribution is 2.27. The number of benzene rings is 1. The lowest BCUT2D eigenvalue weighted by Gasteiger charge is -2.20. The van der Waals surface area contributed by atoms with Gasteiger partial charge in [-0.05, 0) is 12.1 Å². The maximum absolute atomic E-state index is 11.8. The first-order valence-electron chi connectivity index (χ1n) is 7.69. The molecular formula is C16H17N3O6. The summed E-state index contributed by atoms with van der Waals surface area (Å²) in [5.41, 5.74) is 1.21. The van der Waals surface area contributed by atoms with E-state index in [0.717, 1.165) is 4.57 Å². The second kappa shape index (κ2) is 6.52. The average molecular weight is 347 g/mol. The van der Waals surface area contributed by atoms with Crippen LogP contribution in [0.2, 0.25) is 0 Å². The van der Waals surface area contributed by atoms with E-state index in [-0.39, 0.29) is 24.1 Å². The number of anilines is 1. The number of amides is 1. The van der Waals surface area contributed by atoms with Crippen molar-refractivity contribution in [3.8, 4) is 0 Å². The third kappa shape index (κ3) is 3.18. The highest BCUT2D eigenvalue weighted by Gasteiger charge is 2.33. The van der Waals surface area contributed by atoms with Gasteiger partial charge in [0.05, 0.1) is 11.6 Å². The predicted molar refractivity (Wildman–Crippen MR) is 87.5 cm³/mol. The Labute approximate surface area is 142 Å². The van der Waals surface area contributed by atoms with Gasteiger partial charge in [0.2, 0.25) is 11.8 Å². The van der Waals surface area contributed by atoms with Crippen molar-refractivity contribution < 1.29 is 23.5 Å². The smallest absolute Gasteiger partial charge is 0.407 e. The second-order valence-electron chi connectivity index (χ2n) is 5.75. The van der Waals surface area contributed by atoms with Crippen molar-refractivity contribution in [1.29, 1.82) is 0 Å². The zero-order valence-corrected chi connectivity index (χ0v) is 13.7. The van der Waals surface area contributed by atoms with Gasteiger partial charge in [-0.3, -0.25) is 14.4 Å². The fourth-order valence-electron chi connectivity index (χ4n) is 2.85. The standard InChI is InChI=1S/C16H17N3O6/c1-9(21)17-6-12-7-18(15(8-20)24-12)11-3-4-13-14(5-11)25-16(23)19(13)10(2)22/h3-5,8,12,15H,6-7H2,1-2H3,(H,17,21)/t12-,15?/m0/s1. The first-order valence-corrected chi connectivity index (χ1v) is 7.69. The third-order valence-electron chi connectivity index (χ3n) is 3.95. The van der Waals surface area contributed by atoms with Crippen molar-refractivity contribution in [2.75, 3.05) is 18.0 Å². The van der Waals surface area contributed by atoms with E-state index in [0.29, 0.717) is 24.0 Å². The molecule has 3 rings (SSSR count). The molecule has 1 amide bonds. The van der Waals surface area contributed by atoms with Crippen molar-refractivity contribution in [3.63, 3.8) is 0 Å². The molecule has 0 saturated carbocycles. The van der Waals surface area contributed by atoms with Crippen molar-refractivity contribution in [1.82, 2.24) is 9.88 Å². The number of carbonyl (C=O) groups excluding carboxylic acids is 3. The Morgan fingerprint density at radius 1 is 1.36 bits per heavy atom. The quantitative estimate of drug-likeness (QED) is 0.782. The normalized spacial score (nSPS) is 20.0. The number of fused-ring (bicyclic) bond motifs is 1. The van der Waals surface area contributed by atoms with E-state index in [4.69, 9.17) is 9.15 Å². The van der Waals surface area contributed by atoms with Crippen LogP contribution in [0.15, 0.2) is 27.4 Å². The topological polar surface area (TPSA) is 111 Å².